The smallest absolute Gasteiger partial charge is 0.187 e. The Bertz CT molecular complexity index is 566. The fourth-order valence-electron chi connectivity index (χ4n) is 3.80. The molecular weight excluding hydrogens is 340 g/mol. The molecule has 7 atom stereocenters. The predicted molar refractivity (Wildman–Crippen MR) is 94.1 cm³/mol. The summed E-state index contributed by atoms with van der Waals surface area (Å²) >= 11 is 0. The molecule has 26 heavy (non-hydrogen) atoms. The Kier molecular flexibility index (Phi) is 6.76. The summed E-state index contributed by atoms with van der Waals surface area (Å²) in [6, 6.07) is 0. The lowest BCUT2D eigenvalue weighted by molar-refractivity contribution is -0.309. The van der Waals surface area contributed by atoms with Crippen LogP contribution in [0.1, 0.15) is 34.1 Å². The van der Waals surface area contributed by atoms with E-state index in [4.69, 9.17) is 9.47 Å². The summed E-state index contributed by atoms with van der Waals surface area (Å²) in [6.45, 7) is 7.12. The van der Waals surface area contributed by atoms with Crippen LogP contribution in [-0.2, 0) is 14.3 Å². The number of carbonyl (C=O) groups is 1. The minimum absolute atomic E-state index is 0.00621. The number of aliphatic hydroxyl groups is 4. The molecule has 2 aliphatic rings. The third-order valence-electron chi connectivity index (χ3n) is 5.19. The number of ether oxygens (including phenoxy) is 2. The first kappa shape index (κ1) is 21.2. The first-order chi connectivity index (χ1) is 12.1. The first-order valence-corrected chi connectivity index (χ1v) is 8.90. The van der Waals surface area contributed by atoms with Crippen molar-refractivity contribution in [3.8, 4) is 0 Å². The standard InChI is InChI=1S/C19H30O7/c1-10-7-12(8-19(3,4)13(10)6-5-11(2)21)25-18-17(24)16(23)15(22)14(9-20)26-18/h5-7,12-18,20,22-24H,8-9H2,1-4H3. The summed E-state index contributed by atoms with van der Waals surface area (Å²) in [5.74, 6) is 0.0781. The Labute approximate surface area is 153 Å². The van der Waals surface area contributed by atoms with Gasteiger partial charge in [-0.2, -0.15) is 0 Å². The Morgan fingerprint density at radius 1 is 1.31 bits per heavy atom. The summed E-state index contributed by atoms with van der Waals surface area (Å²) in [7, 11) is 0. The molecule has 148 valence electrons. The molecule has 0 amide bonds. The first-order valence-electron chi connectivity index (χ1n) is 8.90. The molecular formula is C19H30O7. The minimum Gasteiger partial charge on any atom is -0.394 e. The molecule has 2 rings (SSSR count). The van der Waals surface area contributed by atoms with Crippen molar-refractivity contribution in [3.05, 3.63) is 23.8 Å². The molecule has 0 saturated carbocycles. The van der Waals surface area contributed by atoms with Crippen molar-refractivity contribution in [3.63, 3.8) is 0 Å². The van der Waals surface area contributed by atoms with E-state index in [2.05, 4.69) is 13.8 Å². The van der Waals surface area contributed by atoms with Crippen molar-refractivity contribution in [1.82, 2.24) is 0 Å². The van der Waals surface area contributed by atoms with Gasteiger partial charge in [-0.25, -0.2) is 0 Å². The van der Waals surface area contributed by atoms with Crippen LogP contribution in [-0.4, -0.2) is 69.6 Å². The van der Waals surface area contributed by atoms with Gasteiger partial charge in [-0.05, 0) is 31.8 Å². The summed E-state index contributed by atoms with van der Waals surface area (Å²) in [4.78, 5) is 11.2. The van der Waals surface area contributed by atoms with Crippen LogP contribution in [0.5, 0.6) is 0 Å². The van der Waals surface area contributed by atoms with Gasteiger partial charge in [0.1, 0.15) is 24.4 Å². The number of hydrogen-bond donors (Lipinski definition) is 4. The third kappa shape index (κ3) is 4.60. The molecule has 4 N–H and O–H groups in total. The largest absolute Gasteiger partial charge is 0.394 e. The van der Waals surface area contributed by atoms with Gasteiger partial charge in [0.2, 0.25) is 0 Å². The second kappa shape index (κ2) is 8.29. The highest BCUT2D eigenvalue weighted by Crippen LogP contribution is 2.43. The van der Waals surface area contributed by atoms with Crippen molar-refractivity contribution in [1.29, 1.82) is 0 Å². The van der Waals surface area contributed by atoms with Gasteiger partial charge in [0.15, 0.2) is 12.1 Å². The van der Waals surface area contributed by atoms with E-state index in [0.717, 1.165) is 5.57 Å². The Balaban J connectivity index is 2.14. The molecule has 1 aliphatic carbocycles. The topological polar surface area (TPSA) is 116 Å². The summed E-state index contributed by atoms with van der Waals surface area (Å²) in [5, 5.41) is 39.1. The lowest BCUT2D eigenvalue weighted by Crippen LogP contribution is -2.59. The van der Waals surface area contributed by atoms with Gasteiger partial charge in [0.25, 0.3) is 0 Å². The quantitative estimate of drug-likeness (QED) is 0.406. The fraction of sp³-hybridized carbons (Fsp3) is 0.737. The predicted octanol–water partition coefficient (Wildman–Crippen LogP) is 0.309. The highest BCUT2D eigenvalue weighted by Gasteiger charge is 2.46. The molecule has 7 unspecified atom stereocenters. The number of carbonyl (C=O) groups excluding carboxylic acids is 1. The zero-order valence-electron chi connectivity index (χ0n) is 15.7. The van der Waals surface area contributed by atoms with Gasteiger partial charge < -0.3 is 29.9 Å². The maximum absolute atomic E-state index is 11.2. The average molecular weight is 370 g/mol. The van der Waals surface area contributed by atoms with Crippen LogP contribution < -0.4 is 0 Å². The summed E-state index contributed by atoms with van der Waals surface area (Å²) in [6.07, 6.45) is -0.788. The van der Waals surface area contributed by atoms with Crippen LogP contribution in [0.2, 0.25) is 0 Å². The van der Waals surface area contributed by atoms with E-state index >= 15 is 0 Å². The minimum atomic E-state index is -1.46. The number of ketones is 1. The van der Waals surface area contributed by atoms with Crippen molar-refractivity contribution < 1.29 is 34.7 Å². The monoisotopic (exact) mass is 370 g/mol. The molecule has 1 saturated heterocycles. The molecule has 7 heteroatoms. The van der Waals surface area contributed by atoms with E-state index in [1.807, 2.05) is 19.1 Å². The molecule has 1 heterocycles. The van der Waals surface area contributed by atoms with E-state index in [0.29, 0.717) is 6.42 Å². The zero-order chi connectivity index (χ0) is 19.6. The Morgan fingerprint density at radius 3 is 2.50 bits per heavy atom. The van der Waals surface area contributed by atoms with E-state index < -0.39 is 37.3 Å². The molecule has 0 aromatic carbocycles. The van der Waals surface area contributed by atoms with E-state index in [1.165, 1.54) is 6.92 Å². The lowest BCUT2D eigenvalue weighted by Gasteiger charge is -2.44. The number of allylic oxidation sites excluding steroid dienone is 3. The molecule has 0 aromatic heterocycles. The number of hydrogen-bond acceptors (Lipinski definition) is 7. The molecule has 0 spiro atoms. The van der Waals surface area contributed by atoms with Crippen molar-refractivity contribution in [2.24, 2.45) is 11.3 Å². The van der Waals surface area contributed by atoms with Gasteiger partial charge in [0.05, 0.1) is 12.7 Å². The molecule has 1 fully saturated rings. The maximum Gasteiger partial charge on any atom is 0.187 e. The van der Waals surface area contributed by atoms with Gasteiger partial charge in [-0.3, -0.25) is 4.79 Å². The van der Waals surface area contributed by atoms with E-state index in [9.17, 15) is 25.2 Å². The van der Waals surface area contributed by atoms with E-state index in [-0.39, 0.29) is 23.2 Å². The van der Waals surface area contributed by atoms with Gasteiger partial charge in [-0.15, -0.1) is 0 Å². The van der Waals surface area contributed by atoms with Crippen LogP contribution >= 0.6 is 0 Å². The highest BCUT2D eigenvalue weighted by molar-refractivity contribution is 5.87. The Morgan fingerprint density at radius 2 is 1.96 bits per heavy atom. The molecule has 0 bridgehead atoms. The second-order valence-corrected chi connectivity index (χ2v) is 7.92. The Hall–Kier alpha value is -1.09. The van der Waals surface area contributed by atoms with E-state index in [1.54, 1.807) is 6.08 Å². The molecule has 0 aromatic rings. The molecule has 7 nitrogen and oxygen atoms in total. The van der Waals surface area contributed by atoms with Crippen molar-refractivity contribution in [2.75, 3.05) is 6.61 Å². The maximum atomic E-state index is 11.2. The normalized spacial score (nSPS) is 40.5. The molecule has 0 radical (unpaired) electrons. The van der Waals surface area contributed by atoms with Crippen LogP contribution in [0.15, 0.2) is 23.8 Å². The average Bonchev–Trinajstić information content (AvgIpc) is 2.53. The SMILES string of the molecule is CC(=O)C=CC1C(C)=CC(OC2OC(CO)C(O)C(O)C2O)CC1(C)C. The highest BCUT2D eigenvalue weighted by atomic mass is 16.7. The number of rotatable bonds is 5. The van der Waals surface area contributed by atoms with Crippen molar-refractivity contribution >= 4 is 5.78 Å². The van der Waals surface area contributed by atoms with Gasteiger partial charge >= 0.3 is 0 Å². The van der Waals surface area contributed by atoms with Gasteiger partial charge in [-0.1, -0.05) is 31.6 Å². The fourth-order valence-corrected chi connectivity index (χ4v) is 3.80. The molecule has 1 aliphatic heterocycles. The van der Waals surface area contributed by atoms with Crippen LogP contribution in [0.3, 0.4) is 0 Å². The zero-order valence-corrected chi connectivity index (χ0v) is 15.7. The lowest BCUT2D eigenvalue weighted by atomic mass is 9.67. The van der Waals surface area contributed by atoms with Crippen LogP contribution in [0, 0.1) is 11.3 Å². The number of aliphatic hydroxyl groups excluding tert-OH is 4. The second-order valence-electron chi connectivity index (χ2n) is 7.92. The van der Waals surface area contributed by atoms with Crippen LogP contribution in [0.25, 0.3) is 0 Å². The summed E-state index contributed by atoms with van der Waals surface area (Å²) < 4.78 is 11.3. The summed E-state index contributed by atoms with van der Waals surface area (Å²) in [5.41, 5.74) is 0.845. The van der Waals surface area contributed by atoms with Gasteiger partial charge in [0, 0.05) is 5.92 Å². The van der Waals surface area contributed by atoms with Crippen LogP contribution in [0.4, 0.5) is 0 Å². The van der Waals surface area contributed by atoms with Crippen molar-refractivity contribution in [2.45, 2.75) is 70.9 Å². The third-order valence-corrected chi connectivity index (χ3v) is 5.19.